The fourth-order valence-electron chi connectivity index (χ4n) is 4.32. The second kappa shape index (κ2) is 10.1. The molecular weight excluding hydrogens is 456 g/mol. The van der Waals surface area contributed by atoms with Crippen LogP contribution in [0.5, 0.6) is 0 Å². The van der Waals surface area contributed by atoms with Crippen molar-refractivity contribution in [1.29, 1.82) is 5.41 Å². The molecule has 8 nitrogen and oxygen atoms in total. The fourth-order valence-corrected chi connectivity index (χ4v) is 4.32. The largest absolute Gasteiger partial charge is 0.455 e. The summed E-state index contributed by atoms with van der Waals surface area (Å²) in [5.74, 6) is -0.188. The number of fused-ring (bicyclic) bond motifs is 1. The molecule has 36 heavy (non-hydrogen) atoms. The molecule has 1 aromatic heterocycles. The number of aryl methyl sites for hydroxylation is 1. The summed E-state index contributed by atoms with van der Waals surface area (Å²) in [4.78, 5) is 25.6. The molecule has 1 atom stereocenters. The topological polar surface area (TPSA) is 127 Å². The van der Waals surface area contributed by atoms with Crippen LogP contribution in [0.25, 0.3) is 16.5 Å². The highest BCUT2D eigenvalue weighted by atomic mass is 16.5. The average molecular weight is 485 g/mol. The van der Waals surface area contributed by atoms with Crippen molar-refractivity contribution in [3.8, 4) is 0 Å². The molecule has 2 aromatic carbocycles. The average Bonchev–Trinajstić information content (AvgIpc) is 2.87. The molecule has 0 aliphatic heterocycles. The molecule has 1 heterocycles. The zero-order chi connectivity index (χ0) is 26.0. The Bertz CT molecular complexity index is 1530. The van der Waals surface area contributed by atoms with Crippen LogP contribution in [-0.2, 0) is 0 Å². The van der Waals surface area contributed by atoms with Gasteiger partial charge in [-0.05, 0) is 62.8 Å². The van der Waals surface area contributed by atoms with E-state index < -0.39 is 5.91 Å². The number of hydrogen-bond acceptors (Lipinski definition) is 7. The van der Waals surface area contributed by atoms with Crippen LogP contribution in [0.4, 0.5) is 5.69 Å². The third-order valence-corrected chi connectivity index (χ3v) is 6.12. The molecule has 8 heteroatoms. The van der Waals surface area contributed by atoms with Crippen LogP contribution < -0.4 is 21.5 Å². The van der Waals surface area contributed by atoms with Crippen LogP contribution in [-0.4, -0.2) is 23.9 Å². The molecule has 0 spiro atoms. The second-order valence-electron chi connectivity index (χ2n) is 8.70. The number of benzene rings is 2. The number of anilines is 1. The number of allylic oxidation sites excluding steroid dienone is 5. The number of carbonyl (C=O) groups is 1. The fraction of sp³-hybridized carbons (Fsp3) is 0.179. The molecule has 0 saturated heterocycles. The van der Waals surface area contributed by atoms with E-state index in [2.05, 4.69) is 10.6 Å². The van der Waals surface area contributed by atoms with Gasteiger partial charge in [0.1, 0.15) is 11.3 Å². The number of amides is 1. The van der Waals surface area contributed by atoms with Gasteiger partial charge in [-0.15, -0.1) is 0 Å². The maximum absolute atomic E-state index is 13.4. The monoisotopic (exact) mass is 484 g/mol. The number of hydroxylamine groups is 1. The smallest absolute Gasteiger partial charge is 0.276 e. The maximum atomic E-state index is 13.4. The van der Waals surface area contributed by atoms with E-state index >= 15 is 0 Å². The Morgan fingerprint density at radius 1 is 1.17 bits per heavy atom. The van der Waals surface area contributed by atoms with E-state index in [9.17, 15) is 9.59 Å². The molecule has 0 bridgehead atoms. The van der Waals surface area contributed by atoms with Gasteiger partial charge in [0.05, 0.1) is 22.7 Å². The van der Waals surface area contributed by atoms with E-state index in [1.807, 2.05) is 32.1 Å². The van der Waals surface area contributed by atoms with Gasteiger partial charge in [-0.1, -0.05) is 18.2 Å². The van der Waals surface area contributed by atoms with Gasteiger partial charge in [-0.25, -0.2) is 5.48 Å². The highest BCUT2D eigenvalue weighted by Gasteiger charge is 2.21. The van der Waals surface area contributed by atoms with Crippen LogP contribution in [0.2, 0.25) is 0 Å². The van der Waals surface area contributed by atoms with Gasteiger partial charge < -0.3 is 20.5 Å². The minimum absolute atomic E-state index is 0.127. The van der Waals surface area contributed by atoms with E-state index in [-0.39, 0.29) is 17.0 Å². The van der Waals surface area contributed by atoms with E-state index in [1.54, 1.807) is 62.1 Å². The molecule has 0 fully saturated rings. The standard InChI is InChI=1S/C28H28N4O4/c1-15-11-21(17(3)31-24-8-6-5-7-20(24)28(34)32-35)27-22(12-15)25(33)16(2)26(36-27)18-9-10-23(29)19(13-18)14-30-4/h5-14,17,29-31,35H,1-4H3,(H,32,34)/b19-14-,29-23?/t17-/m1/s1. The third-order valence-electron chi connectivity index (χ3n) is 6.12. The van der Waals surface area contributed by atoms with E-state index in [0.717, 1.165) is 11.1 Å². The van der Waals surface area contributed by atoms with Crippen molar-refractivity contribution in [3.63, 3.8) is 0 Å². The van der Waals surface area contributed by atoms with Crippen LogP contribution in [0, 0.1) is 19.3 Å². The lowest BCUT2D eigenvalue weighted by Gasteiger charge is -2.20. The molecule has 3 aromatic rings. The first-order valence-electron chi connectivity index (χ1n) is 11.5. The van der Waals surface area contributed by atoms with Crippen molar-refractivity contribution in [1.82, 2.24) is 10.8 Å². The van der Waals surface area contributed by atoms with Crippen molar-refractivity contribution < 1.29 is 14.4 Å². The molecule has 4 rings (SSSR count). The van der Waals surface area contributed by atoms with E-state index in [1.165, 1.54) is 0 Å². The molecule has 1 amide bonds. The molecule has 5 N–H and O–H groups in total. The van der Waals surface area contributed by atoms with Crippen molar-refractivity contribution in [2.24, 2.45) is 0 Å². The Labute approximate surface area is 208 Å². The quantitative estimate of drug-likeness (QED) is 0.253. The molecule has 1 aliphatic carbocycles. The lowest BCUT2D eigenvalue weighted by molar-refractivity contribution is 0.0707. The first-order valence-corrected chi connectivity index (χ1v) is 11.5. The Morgan fingerprint density at radius 2 is 1.92 bits per heavy atom. The first kappa shape index (κ1) is 24.7. The number of rotatable bonds is 6. The highest BCUT2D eigenvalue weighted by molar-refractivity contribution is 6.13. The molecule has 184 valence electrons. The Balaban J connectivity index is 1.87. The van der Waals surface area contributed by atoms with Crippen LogP contribution >= 0.6 is 0 Å². The minimum Gasteiger partial charge on any atom is -0.455 e. The SMILES string of the molecule is CN/C=C1/C=C(c2oc3c([C@@H](C)Nc4ccccc4C(=O)NO)cc(C)cc3c(=O)c2C)C=CC1=N. The van der Waals surface area contributed by atoms with Crippen molar-refractivity contribution in [2.75, 3.05) is 12.4 Å². The predicted octanol–water partition coefficient (Wildman–Crippen LogP) is 4.78. The molecule has 1 aliphatic rings. The van der Waals surface area contributed by atoms with Crippen LogP contribution in [0.3, 0.4) is 0 Å². The van der Waals surface area contributed by atoms with Gasteiger partial charge in [-0.3, -0.25) is 14.8 Å². The zero-order valence-electron chi connectivity index (χ0n) is 20.5. The normalized spacial score (nSPS) is 15.1. The minimum atomic E-state index is -0.629. The van der Waals surface area contributed by atoms with Gasteiger partial charge in [0.2, 0.25) is 0 Å². The summed E-state index contributed by atoms with van der Waals surface area (Å²) >= 11 is 0. The maximum Gasteiger partial charge on any atom is 0.276 e. The molecule has 0 unspecified atom stereocenters. The van der Waals surface area contributed by atoms with Crippen molar-refractivity contribution in [3.05, 3.63) is 105 Å². The summed E-state index contributed by atoms with van der Waals surface area (Å²) in [6.07, 6.45) is 6.98. The first-order chi connectivity index (χ1) is 17.2. The van der Waals surface area contributed by atoms with Gasteiger partial charge in [-0.2, -0.15) is 0 Å². The zero-order valence-corrected chi connectivity index (χ0v) is 20.5. The summed E-state index contributed by atoms with van der Waals surface area (Å²) in [5.41, 5.74) is 6.66. The molecule has 0 radical (unpaired) electrons. The Morgan fingerprint density at radius 3 is 2.64 bits per heavy atom. The Kier molecular flexibility index (Phi) is 6.89. The number of hydrogen-bond donors (Lipinski definition) is 5. The summed E-state index contributed by atoms with van der Waals surface area (Å²) in [5, 5.41) is 24.0. The predicted molar refractivity (Wildman–Crippen MR) is 142 cm³/mol. The number of carbonyl (C=O) groups excluding carboxylic acids is 1. The number of nitrogens with one attached hydrogen (secondary N) is 4. The summed E-state index contributed by atoms with van der Waals surface area (Å²) in [6.45, 7) is 5.57. The van der Waals surface area contributed by atoms with Gasteiger partial charge in [0.25, 0.3) is 5.91 Å². The van der Waals surface area contributed by atoms with Crippen molar-refractivity contribution in [2.45, 2.75) is 26.8 Å². The Hall–Kier alpha value is -4.43. The summed E-state index contributed by atoms with van der Waals surface area (Å²) in [7, 11) is 1.76. The van der Waals surface area contributed by atoms with E-state index in [4.69, 9.17) is 15.0 Å². The molecular formula is C28H28N4O4. The molecule has 0 saturated carbocycles. The van der Waals surface area contributed by atoms with Gasteiger partial charge >= 0.3 is 0 Å². The van der Waals surface area contributed by atoms with Gasteiger partial charge in [0, 0.05) is 41.2 Å². The van der Waals surface area contributed by atoms with Gasteiger partial charge in [0.15, 0.2) is 5.43 Å². The number of para-hydroxylation sites is 1. The lowest BCUT2D eigenvalue weighted by atomic mass is 9.95. The summed E-state index contributed by atoms with van der Waals surface area (Å²) < 4.78 is 6.42. The van der Waals surface area contributed by atoms with E-state index in [0.29, 0.717) is 44.8 Å². The summed E-state index contributed by atoms with van der Waals surface area (Å²) in [6, 6.07) is 10.3. The van der Waals surface area contributed by atoms with Crippen LogP contribution in [0.1, 0.15) is 45.8 Å². The highest BCUT2D eigenvalue weighted by Crippen LogP contribution is 2.32. The van der Waals surface area contributed by atoms with Crippen LogP contribution in [0.15, 0.2) is 75.6 Å². The lowest BCUT2D eigenvalue weighted by Crippen LogP contribution is -2.21. The third kappa shape index (κ3) is 4.58. The van der Waals surface area contributed by atoms with Crippen molar-refractivity contribution >= 4 is 33.8 Å². The second-order valence-corrected chi connectivity index (χ2v) is 8.70.